The Kier molecular flexibility index (Phi) is 4.44. The highest BCUT2D eigenvalue weighted by atomic mass is 32.2. The summed E-state index contributed by atoms with van der Waals surface area (Å²) in [6.07, 6.45) is 2.02. The van der Waals surface area contributed by atoms with Crippen LogP contribution in [0.4, 0.5) is 0 Å². The van der Waals surface area contributed by atoms with E-state index in [2.05, 4.69) is 25.0 Å². The first-order valence-electron chi connectivity index (χ1n) is 6.05. The summed E-state index contributed by atoms with van der Waals surface area (Å²) in [6.45, 7) is 4.35. The molecule has 3 nitrogen and oxygen atoms in total. The van der Waals surface area contributed by atoms with E-state index >= 15 is 0 Å². The highest BCUT2D eigenvalue weighted by molar-refractivity contribution is 7.98. The molecule has 0 aliphatic rings. The molecule has 4 heteroatoms. The van der Waals surface area contributed by atoms with Crippen molar-refractivity contribution in [1.29, 1.82) is 0 Å². The molecule has 0 atom stereocenters. The number of aromatic nitrogens is 2. The number of benzene rings is 1. The smallest absolute Gasteiger partial charge is 0.0727 e. The fraction of sp³-hybridized carbons (Fsp3) is 0.357. The van der Waals surface area contributed by atoms with Crippen LogP contribution in [0.2, 0.25) is 0 Å². The van der Waals surface area contributed by atoms with Crippen LogP contribution < -0.4 is 0 Å². The maximum absolute atomic E-state index is 8.97. The average molecular weight is 262 g/mol. The molecule has 18 heavy (non-hydrogen) atoms. The lowest BCUT2D eigenvalue weighted by Gasteiger charge is -2.04. The lowest BCUT2D eigenvalue weighted by Crippen LogP contribution is -2.01. The van der Waals surface area contributed by atoms with Crippen LogP contribution >= 0.6 is 11.8 Å². The molecule has 0 amide bonds. The first-order chi connectivity index (χ1) is 8.69. The zero-order valence-electron chi connectivity index (χ0n) is 10.7. The second kappa shape index (κ2) is 6.07. The number of thioether (sulfide) groups is 1. The molecule has 0 aliphatic heterocycles. The van der Waals surface area contributed by atoms with Gasteiger partial charge in [0.1, 0.15) is 0 Å². The quantitative estimate of drug-likeness (QED) is 0.841. The molecule has 0 spiro atoms. The van der Waals surface area contributed by atoms with Gasteiger partial charge in [0.15, 0.2) is 0 Å². The highest BCUT2D eigenvalue weighted by Gasteiger charge is 2.03. The zero-order chi connectivity index (χ0) is 13.0. The van der Waals surface area contributed by atoms with E-state index < -0.39 is 0 Å². The summed E-state index contributed by atoms with van der Waals surface area (Å²) >= 11 is 1.76. The van der Waals surface area contributed by atoms with E-state index in [0.717, 1.165) is 17.0 Å². The van der Waals surface area contributed by atoms with Crippen LogP contribution in [0, 0.1) is 0 Å². The third-order valence-electron chi connectivity index (χ3n) is 2.69. The summed E-state index contributed by atoms with van der Waals surface area (Å²) in [5.41, 5.74) is 2.04. The van der Waals surface area contributed by atoms with Crippen LogP contribution in [-0.2, 0) is 12.4 Å². The van der Waals surface area contributed by atoms with Crippen LogP contribution in [0.1, 0.15) is 31.1 Å². The standard InChI is InChI=1S/C14H18N2OS/c1-11(2)16-8-7-13(15-16)10-18-14-5-3-12(9-17)4-6-14/h3-8,11,17H,9-10H2,1-2H3. The molecule has 0 bridgehead atoms. The molecule has 1 heterocycles. The molecular formula is C14H18N2OS. The van der Waals surface area contributed by atoms with Crippen molar-refractivity contribution in [3.05, 3.63) is 47.8 Å². The van der Waals surface area contributed by atoms with Gasteiger partial charge in [-0.2, -0.15) is 5.10 Å². The van der Waals surface area contributed by atoms with Crippen LogP contribution in [0.15, 0.2) is 41.4 Å². The van der Waals surface area contributed by atoms with Crippen LogP contribution in [0.25, 0.3) is 0 Å². The molecule has 0 saturated heterocycles. The topological polar surface area (TPSA) is 38.0 Å². The van der Waals surface area contributed by atoms with Crippen LogP contribution in [-0.4, -0.2) is 14.9 Å². The Morgan fingerprint density at radius 1 is 1.22 bits per heavy atom. The molecule has 1 aromatic carbocycles. The van der Waals surface area contributed by atoms with Crippen molar-refractivity contribution >= 4 is 11.8 Å². The molecule has 1 aromatic heterocycles. The van der Waals surface area contributed by atoms with Gasteiger partial charge < -0.3 is 5.11 Å². The first kappa shape index (κ1) is 13.2. The number of aliphatic hydroxyl groups excluding tert-OH is 1. The van der Waals surface area contributed by atoms with Crippen LogP contribution in [0.5, 0.6) is 0 Å². The molecule has 0 radical (unpaired) electrons. The Morgan fingerprint density at radius 2 is 1.94 bits per heavy atom. The number of aliphatic hydroxyl groups is 1. The summed E-state index contributed by atoms with van der Waals surface area (Å²) in [5.74, 6) is 0.873. The van der Waals surface area contributed by atoms with Gasteiger partial charge in [0, 0.05) is 22.9 Å². The third-order valence-corrected chi connectivity index (χ3v) is 3.73. The predicted molar refractivity (Wildman–Crippen MR) is 74.5 cm³/mol. The van der Waals surface area contributed by atoms with Gasteiger partial charge >= 0.3 is 0 Å². The van der Waals surface area contributed by atoms with Gasteiger partial charge in [-0.3, -0.25) is 4.68 Å². The van der Waals surface area contributed by atoms with E-state index in [1.165, 1.54) is 4.90 Å². The first-order valence-corrected chi connectivity index (χ1v) is 7.04. The summed E-state index contributed by atoms with van der Waals surface area (Å²) in [7, 11) is 0. The lowest BCUT2D eigenvalue weighted by atomic mass is 10.2. The second-order valence-electron chi connectivity index (χ2n) is 4.47. The minimum absolute atomic E-state index is 0.101. The molecule has 1 N–H and O–H groups in total. The van der Waals surface area contributed by atoms with Gasteiger partial charge in [0.05, 0.1) is 12.3 Å². The van der Waals surface area contributed by atoms with Crippen molar-refractivity contribution in [1.82, 2.24) is 9.78 Å². The van der Waals surface area contributed by atoms with Crippen molar-refractivity contribution in [3.8, 4) is 0 Å². The predicted octanol–water partition coefficient (Wildman–Crippen LogP) is 3.25. The van der Waals surface area contributed by atoms with Crippen molar-refractivity contribution in [2.75, 3.05) is 0 Å². The lowest BCUT2D eigenvalue weighted by molar-refractivity contribution is 0.282. The fourth-order valence-corrected chi connectivity index (χ4v) is 2.39. The maximum atomic E-state index is 8.97. The molecule has 0 fully saturated rings. The zero-order valence-corrected chi connectivity index (χ0v) is 11.5. The van der Waals surface area contributed by atoms with Gasteiger partial charge in [-0.25, -0.2) is 0 Å². The maximum Gasteiger partial charge on any atom is 0.0727 e. The fourth-order valence-electron chi connectivity index (χ4n) is 1.59. The van der Waals surface area contributed by atoms with Crippen molar-refractivity contribution in [2.24, 2.45) is 0 Å². The summed E-state index contributed by atoms with van der Waals surface area (Å²) in [4.78, 5) is 1.20. The normalized spacial score (nSPS) is 11.1. The van der Waals surface area contributed by atoms with Crippen molar-refractivity contribution in [3.63, 3.8) is 0 Å². The Hall–Kier alpha value is -1.26. The van der Waals surface area contributed by atoms with Gasteiger partial charge in [0.25, 0.3) is 0 Å². The molecule has 0 unspecified atom stereocenters. The Morgan fingerprint density at radius 3 is 2.50 bits per heavy atom. The number of hydrogen-bond donors (Lipinski definition) is 1. The number of nitrogens with zero attached hydrogens (tertiary/aromatic N) is 2. The Labute approximate surface area is 112 Å². The van der Waals surface area contributed by atoms with E-state index in [-0.39, 0.29) is 6.61 Å². The molecule has 0 saturated carbocycles. The minimum atomic E-state index is 0.101. The van der Waals surface area contributed by atoms with Gasteiger partial charge in [0.2, 0.25) is 0 Å². The minimum Gasteiger partial charge on any atom is -0.392 e. The monoisotopic (exact) mass is 262 g/mol. The number of rotatable bonds is 5. The van der Waals surface area contributed by atoms with Gasteiger partial charge in [-0.05, 0) is 37.6 Å². The van der Waals surface area contributed by atoms with Crippen molar-refractivity contribution in [2.45, 2.75) is 37.1 Å². The summed E-state index contributed by atoms with van der Waals surface area (Å²) in [5, 5.41) is 13.5. The largest absolute Gasteiger partial charge is 0.392 e. The van der Waals surface area contributed by atoms with Crippen molar-refractivity contribution < 1.29 is 5.11 Å². The van der Waals surface area contributed by atoms with E-state index in [0.29, 0.717) is 6.04 Å². The van der Waals surface area contributed by atoms with E-state index in [1.54, 1.807) is 11.8 Å². The second-order valence-corrected chi connectivity index (χ2v) is 5.52. The average Bonchev–Trinajstić information content (AvgIpc) is 2.86. The summed E-state index contributed by atoms with van der Waals surface area (Å²) in [6, 6.07) is 10.5. The Bertz CT molecular complexity index is 491. The molecule has 0 aliphatic carbocycles. The van der Waals surface area contributed by atoms with Crippen LogP contribution in [0.3, 0.4) is 0 Å². The highest BCUT2D eigenvalue weighted by Crippen LogP contribution is 2.22. The molecule has 96 valence electrons. The molecular weight excluding hydrogens is 244 g/mol. The summed E-state index contributed by atoms with van der Waals surface area (Å²) < 4.78 is 1.98. The van der Waals surface area contributed by atoms with Gasteiger partial charge in [-0.1, -0.05) is 12.1 Å². The number of hydrogen-bond acceptors (Lipinski definition) is 3. The van der Waals surface area contributed by atoms with E-state index in [1.807, 2.05) is 35.1 Å². The molecule has 2 aromatic rings. The Balaban J connectivity index is 1.93. The third kappa shape index (κ3) is 3.37. The van der Waals surface area contributed by atoms with E-state index in [9.17, 15) is 0 Å². The SMILES string of the molecule is CC(C)n1ccc(CSc2ccc(CO)cc2)n1. The molecule has 2 rings (SSSR count). The van der Waals surface area contributed by atoms with E-state index in [4.69, 9.17) is 5.11 Å². The van der Waals surface area contributed by atoms with Gasteiger partial charge in [-0.15, -0.1) is 11.8 Å².